The molecular weight excluding hydrogens is 262 g/mol. The summed E-state index contributed by atoms with van der Waals surface area (Å²) in [5.41, 5.74) is 0. The summed E-state index contributed by atoms with van der Waals surface area (Å²) < 4.78 is 7.32. The summed E-state index contributed by atoms with van der Waals surface area (Å²) in [7, 11) is 1.72. The van der Waals surface area contributed by atoms with Crippen LogP contribution >= 0.6 is 11.6 Å². The first kappa shape index (κ1) is 13.4. The van der Waals surface area contributed by atoms with Crippen molar-refractivity contribution in [2.24, 2.45) is 17.8 Å². The molecule has 2 aliphatic carbocycles. The molecule has 3 unspecified atom stereocenters. The molecule has 2 bridgehead atoms. The van der Waals surface area contributed by atoms with Crippen molar-refractivity contribution in [1.29, 1.82) is 0 Å². The standard InChI is InChI=1S/C14H22ClN3O/c1-19-5-4-18-13(16-17-14(18)9-15)8-12-7-10-2-3-11(12)6-10/h10-12H,2-9H2,1H3. The normalized spacial score (nSPS) is 29.3. The van der Waals surface area contributed by atoms with Crippen molar-refractivity contribution in [2.75, 3.05) is 13.7 Å². The van der Waals surface area contributed by atoms with E-state index in [1.165, 1.54) is 25.7 Å². The highest BCUT2D eigenvalue weighted by atomic mass is 35.5. The highest BCUT2D eigenvalue weighted by Crippen LogP contribution is 2.49. The van der Waals surface area contributed by atoms with Gasteiger partial charge < -0.3 is 9.30 Å². The smallest absolute Gasteiger partial charge is 0.148 e. The lowest BCUT2D eigenvalue weighted by molar-refractivity contribution is 0.184. The summed E-state index contributed by atoms with van der Waals surface area (Å²) in [5.74, 6) is 5.12. The van der Waals surface area contributed by atoms with Gasteiger partial charge in [0.25, 0.3) is 0 Å². The number of aromatic nitrogens is 3. The average molecular weight is 284 g/mol. The van der Waals surface area contributed by atoms with Crippen LogP contribution in [0, 0.1) is 17.8 Å². The van der Waals surface area contributed by atoms with Crippen LogP contribution in [0.3, 0.4) is 0 Å². The molecule has 1 aromatic heterocycles. The van der Waals surface area contributed by atoms with Crippen molar-refractivity contribution >= 4 is 11.6 Å². The fraction of sp³-hybridized carbons (Fsp3) is 0.857. The molecule has 106 valence electrons. The Balaban J connectivity index is 1.71. The first-order valence-electron chi connectivity index (χ1n) is 7.27. The Morgan fingerprint density at radius 1 is 1.26 bits per heavy atom. The Morgan fingerprint density at radius 3 is 2.74 bits per heavy atom. The van der Waals surface area contributed by atoms with E-state index in [-0.39, 0.29) is 0 Å². The fourth-order valence-corrected chi connectivity index (χ4v) is 4.12. The summed E-state index contributed by atoms with van der Waals surface area (Å²) in [6.07, 6.45) is 6.76. The van der Waals surface area contributed by atoms with Crippen molar-refractivity contribution in [1.82, 2.24) is 14.8 Å². The molecule has 1 heterocycles. The van der Waals surface area contributed by atoms with Crippen LogP contribution in [0.5, 0.6) is 0 Å². The maximum absolute atomic E-state index is 5.94. The molecule has 2 aliphatic rings. The second-order valence-corrected chi connectivity index (χ2v) is 6.22. The molecule has 2 saturated carbocycles. The molecule has 0 amide bonds. The van der Waals surface area contributed by atoms with Crippen LogP contribution in [0.15, 0.2) is 0 Å². The van der Waals surface area contributed by atoms with E-state index in [0.717, 1.165) is 42.4 Å². The fourth-order valence-electron chi connectivity index (χ4n) is 3.92. The number of methoxy groups -OCH3 is 1. The van der Waals surface area contributed by atoms with E-state index in [2.05, 4.69) is 14.8 Å². The van der Waals surface area contributed by atoms with Crippen LogP contribution in [-0.4, -0.2) is 28.5 Å². The molecule has 3 atom stereocenters. The molecule has 4 nitrogen and oxygen atoms in total. The minimum Gasteiger partial charge on any atom is -0.383 e. The third-order valence-corrected chi connectivity index (χ3v) is 5.11. The Morgan fingerprint density at radius 2 is 2.11 bits per heavy atom. The third kappa shape index (κ3) is 2.65. The SMILES string of the molecule is COCCn1c(CCl)nnc1CC1CC2CCC1C2. The van der Waals surface area contributed by atoms with Crippen molar-refractivity contribution < 1.29 is 4.74 Å². The van der Waals surface area contributed by atoms with Crippen molar-refractivity contribution in [3.05, 3.63) is 11.6 Å². The summed E-state index contributed by atoms with van der Waals surface area (Å²) >= 11 is 5.94. The Kier molecular flexibility index (Phi) is 4.08. The van der Waals surface area contributed by atoms with Crippen LogP contribution in [0.25, 0.3) is 0 Å². The van der Waals surface area contributed by atoms with Gasteiger partial charge in [-0.3, -0.25) is 0 Å². The summed E-state index contributed by atoms with van der Waals surface area (Å²) in [6, 6.07) is 0. The van der Waals surface area contributed by atoms with Gasteiger partial charge in [0.1, 0.15) is 11.6 Å². The quantitative estimate of drug-likeness (QED) is 0.754. The Labute approximate surface area is 119 Å². The zero-order valence-electron chi connectivity index (χ0n) is 11.5. The number of alkyl halides is 1. The number of hydrogen-bond donors (Lipinski definition) is 0. The number of halogens is 1. The zero-order chi connectivity index (χ0) is 13.2. The summed E-state index contributed by atoms with van der Waals surface area (Å²) in [5, 5.41) is 8.58. The van der Waals surface area contributed by atoms with Gasteiger partial charge in [0.2, 0.25) is 0 Å². The lowest BCUT2D eigenvalue weighted by atomic mass is 9.86. The van der Waals surface area contributed by atoms with Crippen LogP contribution in [0.4, 0.5) is 0 Å². The molecule has 5 heteroatoms. The Bertz CT molecular complexity index is 434. The average Bonchev–Trinajstić information content (AvgIpc) is 3.11. The topological polar surface area (TPSA) is 39.9 Å². The van der Waals surface area contributed by atoms with Gasteiger partial charge in [-0.25, -0.2) is 0 Å². The lowest BCUT2D eigenvalue weighted by Crippen LogP contribution is -2.18. The molecule has 2 fully saturated rings. The van der Waals surface area contributed by atoms with E-state index >= 15 is 0 Å². The Hall–Kier alpha value is -0.610. The maximum Gasteiger partial charge on any atom is 0.148 e. The molecule has 19 heavy (non-hydrogen) atoms. The first-order valence-corrected chi connectivity index (χ1v) is 7.81. The second kappa shape index (κ2) is 5.80. The van der Waals surface area contributed by atoms with Gasteiger partial charge >= 0.3 is 0 Å². The van der Waals surface area contributed by atoms with Gasteiger partial charge in [-0.2, -0.15) is 0 Å². The number of nitrogens with zero attached hydrogens (tertiary/aromatic N) is 3. The van der Waals surface area contributed by atoms with Crippen molar-refractivity contribution in [3.63, 3.8) is 0 Å². The van der Waals surface area contributed by atoms with Crippen LogP contribution in [-0.2, 0) is 23.6 Å². The van der Waals surface area contributed by atoms with E-state index in [1.807, 2.05) is 0 Å². The molecule has 0 aliphatic heterocycles. The predicted molar refractivity (Wildman–Crippen MR) is 74.1 cm³/mol. The minimum atomic E-state index is 0.424. The van der Waals surface area contributed by atoms with Gasteiger partial charge in [0.05, 0.1) is 12.5 Å². The van der Waals surface area contributed by atoms with Gasteiger partial charge in [-0.05, 0) is 37.0 Å². The van der Waals surface area contributed by atoms with E-state index < -0.39 is 0 Å². The number of hydrogen-bond acceptors (Lipinski definition) is 3. The van der Waals surface area contributed by atoms with E-state index in [4.69, 9.17) is 16.3 Å². The molecule has 0 aromatic carbocycles. The van der Waals surface area contributed by atoms with Gasteiger partial charge in [-0.1, -0.05) is 6.42 Å². The van der Waals surface area contributed by atoms with Gasteiger partial charge in [-0.15, -0.1) is 21.8 Å². The van der Waals surface area contributed by atoms with E-state index in [0.29, 0.717) is 12.5 Å². The molecule has 0 radical (unpaired) electrons. The van der Waals surface area contributed by atoms with Crippen LogP contribution in [0.1, 0.15) is 37.3 Å². The zero-order valence-corrected chi connectivity index (χ0v) is 12.3. The predicted octanol–water partition coefficient (Wildman–Crippen LogP) is 2.64. The molecular formula is C14H22ClN3O. The van der Waals surface area contributed by atoms with Gasteiger partial charge in [0.15, 0.2) is 0 Å². The maximum atomic E-state index is 5.94. The minimum absolute atomic E-state index is 0.424. The van der Waals surface area contributed by atoms with Crippen LogP contribution in [0.2, 0.25) is 0 Å². The largest absolute Gasteiger partial charge is 0.383 e. The highest BCUT2D eigenvalue weighted by molar-refractivity contribution is 6.16. The number of ether oxygens (including phenoxy) is 1. The molecule has 0 saturated heterocycles. The molecule has 3 rings (SSSR count). The molecule has 0 N–H and O–H groups in total. The molecule has 1 aromatic rings. The van der Waals surface area contributed by atoms with E-state index in [1.54, 1.807) is 7.11 Å². The number of rotatable bonds is 6. The lowest BCUT2D eigenvalue weighted by Gasteiger charge is -2.21. The van der Waals surface area contributed by atoms with Crippen LogP contribution < -0.4 is 0 Å². The van der Waals surface area contributed by atoms with Gasteiger partial charge in [0, 0.05) is 20.1 Å². The van der Waals surface area contributed by atoms with Crippen molar-refractivity contribution in [3.8, 4) is 0 Å². The van der Waals surface area contributed by atoms with E-state index in [9.17, 15) is 0 Å². The van der Waals surface area contributed by atoms with Crippen molar-refractivity contribution in [2.45, 2.75) is 44.5 Å². The summed E-state index contributed by atoms with van der Waals surface area (Å²) in [4.78, 5) is 0. The third-order valence-electron chi connectivity index (χ3n) is 4.87. The highest BCUT2D eigenvalue weighted by Gasteiger charge is 2.39. The number of fused-ring (bicyclic) bond motifs is 2. The summed E-state index contributed by atoms with van der Waals surface area (Å²) in [6.45, 7) is 1.49. The monoisotopic (exact) mass is 283 g/mol. The second-order valence-electron chi connectivity index (χ2n) is 5.95. The first-order chi connectivity index (χ1) is 9.31. The molecule has 0 spiro atoms.